The molecule has 0 fully saturated rings. The van der Waals surface area contributed by atoms with E-state index in [0.29, 0.717) is 35.1 Å². The summed E-state index contributed by atoms with van der Waals surface area (Å²) in [5.41, 5.74) is 1.93. The maximum Gasteiger partial charge on any atom is 0.251 e. The van der Waals surface area contributed by atoms with E-state index in [2.05, 4.69) is 10.3 Å². The number of pyridine rings is 1. The molecule has 0 radical (unpaired) electrons. The minimum atomic E-state index is -0.133. The molecule has 1 N–H and O–H groups in total. The van der Waals surface area contributed by atoms with Crippen molar-refractivity contribution in [3.05, 3.63) is 36.0 Å². The van der Waals surface area contributed by atoms with Gasteiger partial charge in [-0.25, -0.2) is 0 Å². The second-order valence-electron chi connectivity index (χ2n) is 4.69. The van der Waals surface area contributed by atoms with Crippen LogP contribution >= 0.6 is 0 Å². The number of ether oxygens (including phenoxy) is 3. The Balaban J connectivity index is 2.04. The second kappa shape index (κ2) is 5.93. The van der Waals surface area contributed by atoms with Crippen LogP contribution in [0.1, 0.15) is 17.3 Å². The topological polar surface area (TPSA) is 69.7 Å². The van der Waals surface area contributed by atoms with Crippen molar-refractivity contribution in [1.82, 2.24) is 10.3 Å². The largest absolute Gasteiger partial charge is 0.496 e. The number of benzene rings is 1. The van der Waals surface area contributed by atoms with Crippen molar-refractivity contribution in [2.75, 3.05) is 20.4 Å². The van der Waals surface area contributed by atoms with Crippen LogP contribution < -0.4 is 19.5 Å². The summed E-state index contributed by atoms with van der Waals surface area (Å²) in [5, 5.41) is 2.77. The van der Waals surface area contributed by atoms with Gasteiger partial charge in [0.1, 0.15) is 5.75 Å². The lowest BCUT2D eigenvalue weighted by Gasteiger charge is -2.10. The molecule has 2 aromatic rings. The van der Waals surface area contributed by atoms with Crippen LogP contribution in [0.15, 0.2) is 30.5 Å². The predicted molar refractivity (Wildman–Crippen MR) is 80.4 cm³/mol. The predicted octanol–water partition coefficient (Wildman–Crippen LogP) is 2.24. The third-order valence-corrected chi connectivity index (χ3v) is 3.33. The molecule has 6 nitrogen and oxygen atoms in total. The Kier molecular flexibility index (Phi) is 3.82. The van der Waals surface area contributed by atoms with Crippen molar-refractivity contribution < 1.29 is 19.0 Å². The molecule has 0 saturated carbocycles. The molecule has 0 aliphatic carbocycles. The maximum absolute atomic E-state index is 12.0. The Bertz CT molecular complexity index is 715. The molecule has 0 spiro atoms. The molecule has 3 rings (SSSR count). The third-order valence-electron chi connectivity index (χ3n) is 3.33. The lowest BCUT2D eigenvalue weighted by Crippen LogP contribution is -2.22. The summed E-state index contributed by atoms with van der Waals surface area (Å²) in [7, 11) is 1.58. The highest BCUT2D eigenvalue weighted by atomic mass is 16.7. The van der Waals surface area contributed by atoms with E-state index < -0.39 is 0 Å². The van der Waals surface area contributed by atoms with E-state index in [4.69, 9.17) is 14.2 Å². The molecule has 0 atom stereocenters. The molecule has 1 aromatic carbocycles. The maximum atomic E-state index is 12.0. The standard InChI is InChI=1S/C16H16N2O4/c1-3-17-16(19)10-4-5-18-12(6-10)11-7-14-15(22-9-21-14)8-13(11)20-2/h4-8H,3,9H2,1-2H3,(H,17,19). The fraction of sp³-hybridized carbons (Fsp3) is 0.250. The Morgan fingerprint density at radius 1 is 1.32 bits per heavy atom. The van der Waals surface area contributed by atoms with Crippen LogP contribution in [0.2, 0.25) is 0 Å². The number of fused-ring (bicyclic) bond motifs is 1. The highest BCUT2D eigenvalue weighted by Crippen LogP contribution is 2.41. The Morgan fingerprint density at radius 3 is 2.82 bits per heavy atom. The molecule has 114 valence electrons. The third kappa shape index (κ3) is 2.55. The molecule has 1 amide bonds. The number of hydrogen-bond acceptors (Lipinski definition) is 5. The van der Waals surface area contributed by atoms with E-state index in [9.17, 15) is 4.79 Å². The molecular formula is C16H16N2O4. The Morgan fingerprint density at radius 2 is 2.09 bits per heavy atom. The zero-order valence-electron chi connectivity index (χ0n) is 12.4. The van der Waals surface area contributed by atoms with Gasteiger partial charge in [-0.1, -0.05) is 0 Å². The fourth-order valence-electron chi connectivity index (χ4n) is 2.27. The van der Waals surface area contributed by atoms with Crippen LogP contribution in [-0.2, 0) is 0 Å². The van der Waals surface area contributed by atoms with Gasteiger partial charge in [0, 0.05) is 29.9 Å². The lowest BCUT2D eigenvalue weighted by atomic mass is 10.1. The lowest BCUT2D eigenvalue weighted by molar-refractivity contribution is 0.0955. The number of carbonyl (C=O) groups excluding carboxylic acids is 1. The summed E-state index contributed by atoms with van der Waals surface area (Å²) in [5.74, 6) is 1.76. The van der Waals surface area contributed by atoms with Crippen molar-refractivity contribution in [1.29, 1.82) is 0 Å². The summed E-state index contributed by atoms with van der Waals surface area (Å²) in [6.45, 7) is 2.64. The van der Waals surface area contributed by atoms with E-state index in [1.54, 1.807) is 31.5 Å². The molecule has 1 aliphatic heterocycles. The SMILES string of the molecule is CCNC(=O)c1ccnc(-c2cc3c(cc2OC)OCO3)c1. The van der Waals surface area contributed by atoms with Gasteiger partial charge in [-0.05, 0) is 25.1 Å². The normalized spacial score (nSPS) is 12.1. The number of aromatic nitrogens is 1. The van der Waals surface area contributed by atoms with Crippen LogP contribution in [0.4, 0.5) is 0 Å². The summed E-state index contributed by atoms with van der Waals surface area (Å²) < 4.78 is 16.1. The summed E-state index contributed by atoms with van der Waals surface area (Å²) >= 11 is 0. The van der Waals surface area contributed by atoms with E-state index in [1.165, 1.54) is 0 Å². The van der Waals surface area contributed by atoms with E-state index in [0.717, 1.165) is 5.56 Å². The molecular weight excluding hydrogens is 284 g/mol. The zero-order chi connectivity index (χ0) is 15.5. The summed E-state index contributed by atoms with van der Waals surface area (Å²) in [4.78, 5) is 16.3. The minimum absolute atomic E-state index is 0.133. The van der Waals surface area contributed by atoms with Gasteiger partial charge >= 0.3 is 0 Å². The van der Waals surface area contributed by atoms with Gasteiger partial charge in [0.05, 0.1) is 12.8 Å². The molecule has 0 unspecified atom stereocenters. The van der Waals surface area contributed by atoms with Gasteiger partial charge in [0.15, 0.2) is 11.5 Å². The van der Waals surface area contributed by atoms with Crippen molar-refractivity contribution in [3.63, 3.8) is 0 Å². The van der Waals surface area contributed by atoms with Gasteiger partial charge in [0.25, 0.3) is 5.91 Å². The average Bonchev–Trinajstić information content (AvgIpc) is 3.01. The Labute approximate surface area is 128 Å². The quantitative estimate of drug-likeness (QED) is 0.937. The highest BCUT2D eigenvalue weighted by molar-refractivity contribution is 5.95. The van der Waals surface area contributed by atoms with Crippen molar-refractivity contribution >= 4 is 5.91 Å². The van der Waals surface area contributed by atoms with Crippen LogP contribution in [0, 0.1) is 0 Å². The van der Waals surface area contributed by atoms with E-state index in [-0.39, 0.29) is 12.7 Å². The first kappa shape index (κ1) is 14.2. The van der Waals surface area contributed by atoms with Crippen LogP contribution in [0.25, 0.3) is 11.3 Å². The monoisotopic (exact) mass is 300 g/mol. The van der Waals surface area contributed by atoms with Gasteiger partial charge in [-0.15, -0.1) is 0 Å². The van der Waals surface area contributed by atoms with Gasteiger partial charge in [-0.3, -0.25) is 9.78 Å². The van der Waals surface area contributed by atoms with Gasteiger partial charge in [-0.2, -0.15) is 0 Å². The summed E-state index contributed by atoms with van der Waals surface area (Å²) in [6.07, 6.45) is 1.60. The van der Waals surface area contributed by atoms with Crippen LogP contribution in [0.5, 0.6) is 17.2 Å². The minimum Gasteiger partial charge on any atom is -0.496 e. The first-order chi connectivity index (χ1) is 10.7. The summed E-state index contributed by atoms with van der Waals surface area (Å²) in [6, 6.07) is 6.97. The van der Waals surface area contributed by atoms with E-state index >= 15 is 0 Å². The number of carbonyl (C=O) groups is 1. The smallest absolute Gasteiger partial charge is 0.251 e. The Hall–Kier alpha value is -2.76. The molecule has 0 saturated heterocycles. The number of nitrogens with zero attached hydrogens (tertiary/aromatic N) is 1. The molecule has 0 bridgehead atoms. The zero-order valence-corrected chi connectivity index (χ0v) is 12.4. The molecule has 6 heteroatoms. The number of hydrogen-bond donors (Lipinski definition) is 1. The van der Waals surface area contributed by atoms with Gasteiger partial charge < -0.3 is 19.5 Å². The van der Waals surface area contributed by atoms with Crippen molar-refractivity contribution in [3.8, 4) is 28.5 Å². The van der Waals surface area contributed by atoms with Crippen molar-refractivity contribution in [2.45, 2.75) is 6.92 Å². The molecule has 22 heavy (non-hydrogen) atoms. The first-order valence-electron chi connectivity index (χ1n) is 6.95. The van der Waals surface area contributed by atoms with Gasteiger partial charge in [0.2, 0.25) is 6.79 Å². The first-order valence-corrected chi connectivity index (χ1v) is 6.95. The number of rotatable bonds is 4. The van der Waals surface area contributed by atoms with E-state index in [1.807, 2.05) is 13.0 Å². The number of nitrogens with one attached hydrogen (secondary N) is 1. The average molecular weight is 300 g/mol. The number of amides is 1. The highest BCUT2D eigenvalue weighted by Gasteiger charge is 2.19. The molecule has 1 aromatic heterocycles. The van der Waals surface area contributed by atoms with Crippen LogP contribution in [-0.4, -0.2) is 31.3 Å². The number of methoxy groups -OCH3 is 1. The second-order valence-corrected chi connectivity index (χ2v) is 4.69. The molecule has 1 aliphatic rings. The molecule has 2 heterocycles. The van der Waals surface area contributed by atoms with Crippen molar-refractivity contribution in [2.24, 2.45) is 0 Å². The fourth-order valence-corrected chi connectivity index (χ4v) is 2.27. The van der Waals surface area contributed by atoms with Crippen LogP contribution in [0.3, 0.4) is 0 Å².